The van der Waals surface area contributed by atoms with Gasteiger partial charge < -0.3 is 19.8 Å². The highest BCUT2D eigenvalue weighted by Crippen LogP contribution is 2.19. The number of likely N-dealkylation sites (tertiary alicyclic amines) is 1. The van der Waals surface area contributed by atoms with E-state index in [-0.39, 0.29) is 18.5 Å². The zero-order chi connectivity index (χ0) is 15.1. The largest absolute Gasteiger partial charge is 0.394 e. The van der Waals surface area contributed by atoms with Crippen molar-refractivity contribution in [3.05, 3.63) is 35.6 Å². The number of halogens is 1. The Hall–Kier alpha value is -1.01. The number of piperidine rings is 1. The van der Waals surface area contributed by atoms with Crippen LogP contribution >= 0.6 is 0 Å². The number of aliphatic hydroxyl groups excluding tert-OH is 2. The minimum atomic E-state index is -0.547. The highest BCUT2D eigenvalue weighted by atomic mass is 19.1. The summed E-state index contributed by atoms with van der Waals surface area (Å²) in [7, 11) is 0. The lowest BCUT2D eigenvalue weighted by Crippen LogP contribution is -2.38. The van der Waals surface area contributed by atoms with Crippen LogP contribution in [-0.2, 0) is 4.74 Å². The molecule has 21 heavy (non-hydrogen) atoms. The first kappa shape index (κ1) is 16.4. The number of hydrogen-bond donors (Lipinski definition) is 2. The molecular formula is C16H24FNO3. The standard InChI is InChI=1S/C16H24FNO3/c17-14-3-1-13(2-4-14)16(20)7-10-18-8-5-15(6-9-18)21-12-11-19/h1-4,15-16,19-20H,5-12H2. The van der Waals surface area contributed by atoms with E-state index in [1.165, 1.54) is 12.1 Å². The summed E-state index contributed by atoms with van der Waals surface area (Å²) in [5, 5.41) is 18.8. The predicted octanol–water partition coefficient (Wildman–Crippen LogP) is 1.72. The number of aliphatic hydroxyl groups is 2. The molecule has 0 spiro atoms. The molecule has 1 aromatic carbocycles. The molecule has 1 atom stereocenters. The summed E-state index contributed by atoms with van der Waals surface area (Å²) in [6, 6.07) is 6.02. The Morgan fingerprint density at radius 2 is 1.90 bits per heavy atom. The van der Waals surface area contributed by atoms with E-state index < -0.39 is 6.10 Å². The summed E-state index contributed by atoms with van der Waals surface area (Å²) in [5.74, 6) is -0.282. The number of rotatable bonds is 7. The molecule has 1 aliphatic rings. The Bertz CT molecular complexity index is 404. The molecule has 0 aromatic heterocycles. The van der Waals surface area contributed by atoms with Crippen LogP contribution in [-0.4, -0.2) is 54.1 Å². The van der Waals surface area contributed by atoms with Gasteiger partial charge in [-0.05, 0) is 37.0 Å². The van der Waals surface area contributed by atoms with Crippen LogP contribution in [0.3, 0.4) is 0 Å². The van der Waals surface area contributed by atoms with Crippen molar-refractivity contribution in [2.24, 2.45) is 0 Å². The molecule has 0 aliphatic carbocycles. The molecule has 0 bridgehead atoms. The molecule has 1 aliphatic heterocycles. The maximum absolute atomic E-state index is 12.8. The summed E-state index contributed by atoms with van der Waals surface area (Å²) in [6.45, 7) is 3.21. The molecule has 1 aromatic rings. The molecule has 0 radical (unpaired) electrons. The van der Waals surface area contributed by atoms with Gasteiger partial charge in [0.1, 0.15) is 5.82 Å². The smallest absolute Gasteiger partial charge is 0.123 e. The fraction of sp³-hybridized carbons (Fsp3) is 0.625. The molecule has 1 unspecified atom stereocenters. The van der Waals surface area contributed by atoms with Crippen LogP contribution in [0.5, 0.6) is 0 Å². The first-order valence-electron chi connectivity index (χ1n) is 7.57. The second-order valence-corrected chi connectivity index (χ2v) is 5.49. The van der Waals surface area contributed by atoms with Crippen molar-refractivity contribution in [1.29, 1.82) is 0 Å². The molecular weight excluding hydrogens is 273 g/mol. The van der Waals surface area contributed by atoms with Gasteiger partial charge in [-0.3, -0.25) is 0 Å². The highest BCUT2D eigenvalue weighted by Gasteiger charge is 2.20. The maximum Gasteiger partial charge on any atom is 0.123 e. The van der Waals surface area contributed by atoms with Gasteiger partial charge in [-0.2, -0.15) is 0 Å². The lowest BCUT2D eigenvalue weighted by Gasteiger charge is -2.32. The van der Waals surface area contributed by atoms with Crippen molar-refractivity contribution in [3.63, 3.8) is 0 Å². The average Bonchev–Trinajstić information content (AvgIpc) is 2.52. The van der Waals surface area contributed by atoms with Crippen molar-refractivity contribution >= 4 is 0 Å². The monoisotopic (exact) mass is 297 g/mol. The summed E-state index contributed by atoms with van der Waals surface area (Å²) >= 11 is 0. The first-order valence-corrected chi connectivity index (χ1v) is 7.57. The van der Waals surface area contributed by atoms with Crippen molar-refractivity contribution in [3.8, 4) is 0 Å². The van der Waals surface area contributed by atoms with Crippen molar-refractivity contribution in [2.45, 2.75) is 31.5 Å². The van der Waals surface area contributed by atoms with E-state index in [1.54, 1.807) is 12.1 Å². The molecule has 2 N–H and O–H groups in total. The van der Waals surface area contributed by atoms with Gasteiger partial charge in [-0.25, -0.2) is 4.39 Å². The SMILES string of the molecule is OCCOC1CCN(CCC(O)c2ccc(F)cc2)CC1. The molecule has 0 saturated carbocycles. The number of hydrogen-bond acceptors (Lipinski definition) is 4. The molecule has 118 valence electrons. The second-order valence-electron chi connectivity index (χ2n) is 5.49. The van der Waals surface area contributed by atoms with Crippen LogP contribution in [0.1, 0.15) is 30.9 Å². The van der Waals surface area contributed by atoms with Gasteiger partial charge in [-0.1, -0.05) is 12.1 Å². The normalized spacial score (nSPS) is 18.8. The minimum absolute atomic E-state index is 0.0735. The Morgan fingerprint density at radius 3 is 2.52 bits per heavy atom. The van der Waals surface area contributed by atoms with Gasteiger partial charge in [-0.15, -0.1) is 0 Å². The quantitative estimate of drug-likeness (QED) is 0.805. The van der Waals surface area contributed by atoms with E-state index in [9.17, 15) is 9.50 Å². The lowest BCUT2D eigenvalue weighted by atomic mass is 10.0. The summed E-state index contributed by atoms with van der Waals surface area (Å²) < 4.78 is 18.4. The Labute approximate surface area is 125 Å². The van der Waals surface area contributed by atoms with Crippen LogP contribution in [0.15, 0.2) is 24.3 Å². The third-order valence-corrected chi connectivity index (χ3v) is 3.95. The van der Waals surface area contributed by atoms with E-state index >= 15 is 0 Å². The van der Waals surface area contributed by atoms with Crippen molar-refractivity contribution in [2.75, 3.05) is 32.8 Å². The molecule has 4 nitrogen and oxygen atoms in total. The third kappa shape index (κ3) is 5.36. The number of ether oxygens (including phenoxy) is 1. The Kier molecular flexibility index (Phi) is 6.57. The average molecular weight is 297 g/mol. The van der Waals surface area contributed by atoms with Crippen LogP contribution in [0.2, 0.25) is 0 Å². The highest BCUT2D eigenvalue weighted by molar-refractivity contribution is 5.18. The zero-order valence-electron chi connectivity index (χ0n) is 12.2. The van der Waals surface area contributed by atoms with E-state index in [0.717, 1.165) is 38.0 Å². The first-order chi connectivity index (χ1) is 10.2. The second kappa shape index (κ2) is 8.44. The van der Waals surface area contributed by atoms with Crippen LogP contribution < -0.4 is 0 Å². The summed E-state index contributed by atoms with van der Waals surface area (Å²) in [5.41, 5.74) is 0.762. The van der Waals surface area contributed by atoms with Gasteiger partial charge >= 0.3 is 0 Å². The topological polar surface area (TPSA) is 52.9 Å². The van der Waals surface area contributed by atoms with Crippen LogP contribution in [0.25, 0.3) is 0 Å². The molecule has 1 saturated heterocycles. The fourth-order valence-corrected chi connectivity index (χ4v) is 2.68. The van der Waals surface area contributed by atoms with Crippen molar-refractivity contribution in [1.82, 2.24) is 4.90 Å². The van der Waals surface area contributed by atoms with Gasteiger partial charge in [0, 0.05) is 19.6 Å². The summed E-state index contributed by atoms with van der Waals surface area (Å²) in [6.07, 6.45) is 2.27. The van der Waals surface area contributed by atoms with E-state index in [1.807, 2.05) is 0 Å². The molecule has 0 amide bonds. The van der Waals surface area contributed by atoms with Crippen LogP contribution in [0, 0.1) is 5.82 Å². The van der Waals surface area contributed by atoms with Gasteiger partial charge in [0.15, 0.2) is 0 Å². The molecule has 1 heterocycles. The fourth-order valence-electron chi connectivity index (χ4n) is 2.68. The number of benzene rings is 1. The van der Waals surface area contributed by atoms with E-state index in [4.69, 9.17) is 9.84 Å². The lowest BCUT2D eigenvalue weighted by molar-refractivity contribution is -0.00958. The van der Waals surface area contributed by atoms with Gasteiger partial charge in [0.2, 0.25) is 0 Å². The summed E-state index contributed by atoms with van der Waals surface area (Å²) in [4.78, 5) is 2.31. The third-order valence-electron chi connectivity index (χ3n) is 3.95. The Morgan fingerprint density at radius 1 is 1.24 bits per heavy atom. The van der Waals surface area contributed by atoms with E-state index in [0.29, 0.717) is 13.0 Å². The van der Waals surface area contributed by atoms with Gasteiger partial charge in [0.25, 0.3) is 0 Å². The Balaban J connectivity index is 1.68. The molecule has 2 rings (SSSR count). The predicted molar refractivity (Wildman–Crippen MR) is 78.5 cm³/mol. The van der Waals surface area contributed by atoms with Crippen molar-refractivity contribution < 1.29 is 19.3 Å². The van der Waals surface area contributed by atoms with Gasteiger partial charge in [0.05, 0.1) is 25.4 Å². The minimum Gasteiger partial charge on any atom is -0.394 e. The molecule has 1 fully saturated rings. The number of nitrogens with zero attached hydrogens (tertiary/aromatic N) is 1. The van der Waals surface area contributed by atoms with E-state index in [2.05, 4.69) is 4.90 Å². The van der Waals surface area contributed by atoms with Crippen LogP contribution in [0.4, 0.5) is 4.39 Å². The zero-order valence-corrected chi connectivity index (χ0v) is 12.2. The molecule has 5 heteroatoms. The maximum atomic E-state index is 12.8.